The summed E-state index contributed by atoms with van der Waals surface area (Å²) in [5, 5.41) is 8.96. The molecule has 1 aliphatic rings. The molecule has 2 rings (SSSR count). The van der Waals surface area contributed by atoms with Crippen LogP contribution in [0, 0.1) is 0 Å². The van der Waals surface area contributed by atoms with E-state index in [9.17, 15) is 14.4 Å². The van der Waals surface area contributed by atoms with Crippen LogP contribution in [0.2, 0.25) is 0 Å². The summed E-state index contributed by atoms with van der Waals surface area (Å²) in [7, 11) is 0. The van der Waals surface area contributed by atoms with Gasteiger partial charge < -0.3 is 5.11 Å². The first-order valence-electron chi connectivity index (χ1n) is 6.49. The van der Waals surface area contributed by atoms with Gasteiger partial charge in [0.15, 0.2) is 0 Å². The van der Waals surface area contributed by atoms with Crippen LogP contribution in [0.15, 0.2) is 24.3 Å². The van der Waals surface area contributed by atoms with Gasteiger partial charge in [0, 0.05) is 12.2 Å². The van der Waals surface area contributed by atoms with Gasteiger partial charge in [-0.05, 0) is 24.6 Å². The van der Waals surface area contributed by atoms with Gasteiger partial charge in [0.25, 0.3) is 5.91 Å². The smallest absolute Gasteiger partial charge is 0.335 e. The second-order valence-electron chi connectivity index (χ2n) is 4.62. The molecule has 1 aromatic carbocycles. The lowest BCUT2D eigenvalue weighted by molar-refractivity contribution is -0.124. The van der Waals surface area contributed by atoms with Crippen LogP contribution in [0.5, 0.6) is 0 Å². The zero-order valence-corrected chi connectivity index (χ0v) is 11.2. The molecule has 6 nitrogen and oxygen atoms in total. The molecule has 0 aromatic heterocycles. The molecule has 0 aliphatic carbocycles. The second kappa shape index (κ2) is 5.73. The van der Waals surface area contributed by atoms with E-state index in [-0.39, 0.29) is 24.0 Å². The summed E-state index contributed by atoms with van der Waals surface area (Å²) in [4.78, 5) is 37.5. The average molecular weight is 276 g/mol. The molecule has 106 valence electrons. The number of aromatic carboxylic acids is 1. The van der Waals surface area contributed by atoms with Crippen molar-refractivity contribution >= 4 is 23.6 Å². The third-order valence-electron chi connectivity index (χ3n) is 3.20. The number of hydrogen-bond acceptors (Lipinski definition) is 3. The summed E-state index contributed by atoms with van der Waals surface area (Å²) in [5.74, 6) is -1.31. The summed E-state index contributed by atoms with van der Waals surface area (Å²) in [6.07, 6.45) is 1.66. The Morgan fingerprint density at radius 1 is 1.35 bits per heavy atom. The van der Waals surface area contributed by atoms with Crippen LogP contribution in [0.4, 0.5) is 10.5 Å². The summed E-state index contributed by atoms with van der Waals surface area (Å²) >= 11 is 0. The molecule has 1 heterocycles. The fourth-order valence-electron chi connectivity index (χ4n) is 2.09. The van der Waals surface area contributed by atoms with E-state index >= 15 is 0 Å². The molecule has 20 heavy (non-hydrogen) atoms. The largest absolute Gasteiger partial charge is 0.478 e. The Morgan fingerprint density at radius 2 is 2.10 bits per heavy atom. The highest BCUT2D eigenvalue weighted by Gasteiger charge is 2.36. The Morgan fingerprint density at radius 3 is 2.75 bits per heavy atom. The van der Waals surface area contributed by atoms with Crippen molar-refractivity contribution in [2.45, 2.75) is 19.8 Å². The van der Waals surface area contributed by atoms with Crippen LogP contribution in [-0.4, -0.2) is 41.0 Å². The fourth-order valence-corrected chi connectivity index (χ4v) is 2.09. The van der Waals surface area contributed by atoms with Gasteiger partial charge in [-0.25, -0.2) is 9.59 Å². The number of unbranched alkanes of at least 4 members (excludes halogenated alkanes) is 1. The number of urea groups is 1. The normalized spacial score (nSPS) is 15.1. The molecule has 0 radical (unpaired) electrons. The van der Waals surface area contributed by atoms with Crippen molar-refractivity contribution in [3.63, 3.8) is 0 Å². The maximum Gasteiger partial charge on any atom is 0.335 e. The van der Waals surface area contributed by atoms with Gasteiger partial charge in [-0.2, -0.15) is 0 Å². The Balaban J connectivity index is 2.22. The van der Waals surface area contributed by atoms with Crippen LogP contribution in [0.3, 0.4) is 0 Å². The van der Waals surface area contributed by atoms with Crippen LogP contribution in [-0.2, 0) is 4.79 Å². The Labute approximate surface area is 116 Å². The van der Waals surface area contributed by atoms with Crippen molar-refractivity contribution in [1.29, 1.82) is 0 Å². The number of hydrogen-bond donors (Lipinski definition) is 1. The van der Waals surface area contributed by atoms with E-state index < -0.39 is 5.97 Å². The maximum atomic E-state index is 12.2. The third kappa shape index (κ3) is 2.64. The van der Waals surface area contributed by atoms with E-state index in [1.807, 2.05) is 6.92 Å². The monoisotopic (exact) mass is 276 g/mol. The van der Waals surface area contributed by atoms with Crippen LogP contribution < -0.4 is 4.90 Å². The van der Waals surface area contributed by atoms with E-state index in [4.69, 9.17) is 5.11 Å². The van der Waals surface area contributed by atoms with Crippen LogP contribution >= 0.6 is 0 Å². The van der Waals surface area contributed by atoms with E-state index in [2.05, 4.69) is 0 Å². The first kappa shape index (κ1) is 14.0. The molecule has 1 N–H and O–H groups in total. The van der Waals surface area contributed by atoms with E-state index in [0.717, 1.165) is 12.8 Å². The van der Waals surface area contributed by atoms with Crippen LogP contribution in [0.25, 0.3) is 0 Å². The van der Waals surface area contributed by atoms with E-state index in [0.29, 0.717) is 12.2 Å². The predicted molar refractivity (Wildman–Crippen MR) is 72.8 cm³/mol. The number of nitrogens with zero attached hydrogens (tertiary/aromatic N) is 2. The molecule has 1 saturated heterocycles. The number of amides is 3. The van der Waals surface area contributed by atoms with Crippen molar-refractivity contribution in [2.75, 3.05) is 18.0 Å². The van der Waals surface area contributed by atoms with Gasteiger partial charge in [0.2, 0.25) is 0 Å². The molecule has 0 bridgehead atoms. The van der Waals surface area contributed by atoms with Gasteiger partial charge in [0.05, 0.1) is 5.56 Å². The predicted octanol–water partition coefficient (Wildman–Crippen LogP) is 1.95. The van der Waals surface area contributed by atoms with Crippen molar-refractivity contribution in [1.82, 2.24) is 4.90 Å². The minimum Gasteiger partial charge on any atom is -0.478 e. The van der Waals surface area contributed by atoms with Gasteiger partial charge in [-0.15, -0.1) is 0 Å². The number of rotatable bonds is 5. The highest BCUT2D eigenvalue weighted by atomic mass is 16.4. The zero-order chi connectivity index (χ0) is 14.7. The first-order chi connectivity index (χ1) is 9.54. The SMILES string of the molecule is CCCCN1C(=O)CN(c2cccc(C(=O)O)c2)C1=O. The highest BCUT2D eigenvalue weighted by molar-refractivity contribution is 6.12. The Bertz CT molecular complexity index is 556. The fraction of sp³-hybridized carbons (Fsp3) is 0.357. The lowest BCUT2D eigenvalue weighted by atomic mass is 10.2. The van der Waals surface area contributed by atoms with Crippen LogP contribution in [0.1, 0.15) is 30.1 Å². The molecule has 0 unspecified atom stereocenters. The molecule has 1 aromatic rings. The Kier molecular flexibility index (Phi) is 4.02. The van der Waals surface area contributed by atoms with Crippen molar-refractivity contribution in [3.8, 4) is 0 Å². The van der Waals surface area contributed by atoms with Crippen molar-refractivity contribution in [2.24, 2.45) is 0 Å². The molecule has 0 saturated carbocycles. The van der Waals surface area contributed by atoms with E-state index in [1.54, 1.807) is 12.1 Å². The van der Waals surface area contributed by atoms with Gasteiger partial charge >= 0.3 is 12.0 Å². The number of carbonyl (C=O) groups excluding carboxylic acids is 2. The molecule has 6 heteroatoms. The molecular weight excluding hydrogens is 260 g/mol. The van der Waals surface area contributed by atoms with Gasteiger partial charge in [-0.3, -0.25) is 14.6 Å². The second-order valence-corrected chi connectivity index (χ2v) is 4.62. The number of anilines is 1. The zero-order valence-electron chi connectivity index (χ0n) is 11.2. The molecule has 3 amide bonds. The average Bonchev–Trinajstić information content (AvgIpc) is 2.72. The molecule has 1 aliphatic heterocycles. The standard InChI is InChI=1S/C14H16N2O4/c1-2-3-7-15-12(17)9-16(14(15)20)11-6-4-5-10(8-11)13(18)19/h4-6,8H,2-3,7,9H2,1H3,(H,18,19). The summed E-state index contributed by atoms with van der Waals surface area (Å²) < 4.78 is 0. The highest BCUT2D eigenvalue weighted by Crippen LogP contribution is 2.22. The quantitative estimate of drug-likeness (QED) is 0.834. The molecule has 0 atom stereocenters. The number of imide groups is 1. The number of carbonyl (C=O) groups is 3. The lowest BCUT2D eigenvalue weighted by Gasteiger charge is -2.17. The minimum absolute atomic E-state index is 0.0361. The van der Waals surface area contributed by atoms with Gasteiger partial charge in [0.1, 0.15) is 6.54 Å². The molecule has 0 spiro atoms. The van der Waals surface area contributed by atoms with E-state index in [1.165, 1.54) is 21.9 Å². The molecular formula is C14H16N2O4. The molecule has 1 fully saturated rings. The van der Waals surface area contributed by atoms with Crippen molar-refractivity contribution < 1.29 is 19.5 Å². The Hall–Kier alpha value is -2.37. The topological polar surface area (TPSA) is 77.9 Å². The summed E-state index contributed by atoms with van der Waals surface area (Å²) in [6, 6.07) is 5.65. The summed E-state index contributed by atoms with van der Waals surface area (Å²) in [5.41, 5.74) is 0.525. The summed E-state index contributed by atoms with van der Waals surface area (Å²) in [6.45, 7) is 2.36. The maximum absolute atomic E-state index is 12.2. The van der Waals surface area contributed by atoms with Gasteiger partial charge in [-0.1, -0.05) is 19.4 Å². The number of benzene rings is 1. The number of carboxylic acids is 1. The lowest BCUT2D eigenvalue weighted by Crippen LogP contribution is -2.33. The number of carboxylic acid groups (broad SMARTS) is 1. The third-order valence-corrected chi connectivity index (χ3v) is 3.20. The minimum atomic E-state index is -1.06. The van der Waals surface area contributed by atoms with Crippen molar-refractivity contribution in [3.05, 3.63) is 29.8 Å². The first-order valence-corrected chi connectivity index (χ1v) is 6.49.